The number of hydrogen-bond donors (Lipinski definition) is 1. The Morgan fingerprint density at radius 1 is 1.35 bits per heavy atom. The molecule has 1 fully saturated rings. The van der Waals surface area contributed by atoms with Crippen molar-refractivity contribution in [1.29, 1.82) is 0 Å². The van der Waals surface area contributed by atoms with Crippen LogP contribution in [-0.4, -0.2) is 19.2 Å². The molecule has 0 aliphatic carbocycles. The van der Waals surface area contributed by atoms with E-state index in [1.165, 1.54) is 29.5 Å². The molecule has 2 atom stereocenters. The first-order valence-electron chi connectivity index (χ1n) is 6.33. The zero-order valence-electron chi connectivity index (χ0n) is 10.2. The van der Waals surface area contributed by atoms with Crippen molar-refractivity contribution in [3.8, 4) is 0 Å². The van der Waals surface area contributed by atoms with Crippen molar-refractivity contribution >= 4 is 12.4 Å². The van der Waals surface area contributed by atoms with E-state index in [0.717, 1.165) is 19.7 Å². The topological polar surface area (TPSA) is 21.3 Å². The summed E-state index contributed by atoms with van der Waals surface area (Å²) < 4.78 is 5.95. The molecule has 17 heavy (non-hydrogen) atoms. The van der Waals surface area contributed by atoms with Crippen LogP contribution in [0, 0.1) is 0 Å². The number of halogens is 1. The summed E-state index contributed by atoms with van der Waals surface area (Å²) in [6.07, 6.45) is 2.80. The molecule has 1 N–H and O–H groups in total. The number of aryl methyl sites for hydroxylation is 1. The minimum absolute atomic E-state index is 0. The van der Waals surface area contributed by atoms with Gasteiger partial charge in [-0.2, -0.15) is 0 Å². The van der Waals surface area contributed by atoms with Crippen molar-refractivity contribution in [2.24, 2.45) is 0 Å². The van der Waals surface area contributed by atoms with Gasteiger partial charge in [0.05, 0.1) is 12.7 Å². The molecule has 2 aliphatic heterocycles. The van der Waals surface area contributed by atoms with E-state index in [1.807, 2.05) is 0 Å². The van der Waals surface area contributed by atoms with Gasteiger partial charge in [0.2, 0.25) is 0 Å². The van der Waals surface area contributed by atoms with Gasteiger partial charge < -0.3 is 10.1 Å². The lowest BCUT2D eigenvalue weighted by Crippen LogP contribution is -2.27. The summed E-state index contributed by atoms with van der Waals surface area (Å²) in [5.74, 6) is 0.584. The largest absolute Gasteiger partial charge is 0.372 e. The minimum Gasteiger partial charge on any atom is -0.372 e. The van der Waals surface area contributed by atoms with Gasteiger partial charge in [0.1, 0.15) is 0 Å². The first kappa shape index (κ1) is 12.9. The van der Waals surface area contributed by atoms with Crippen LogP contribution in [0.4, 0.5) is 0 Å². The number of ether oxygens (including phenoxy) is 1. The Labute approximate surface area is 109 Å². The molecule has 0 amide bonds. The third-order valence-corrected chi connectivity index (χ3v) is 3.83. The molecule has 1 saturated heterocycles. The molecule has 0 unspecified atom stereocenters. The normalized spacial score (nSPS) is 25.9. The SMILES string of the molecule is CCCc1cccc2c1CO[C@H]1CNC[C@@H]21.Cl. The summed E-state index contributed by atoms with van der Waals surface area (Å²) in [5, 5.41) is 3.43. The summed E-state index contributed by atoms with van der Waals surface area (Å²) in [5.41, 5.74) is 4.49. The molecule has 0 bridgehead atoms. The lowest BCUT2D eigenvalue weighted by atomic mass is 9.86. The van der Waals surface area contributed by atoms with Crippen LogP contribution < -0.4 is 5.32 Å². The molecule has 0 radical (unpaired) electrons. The van der Waals surface area contributed by atoms with Gasteiger partial charge in [-0.1, -0.05) is 31.5 Å². The first-order valence-corrected chi connectivity index (χ1v) is 6.33. The van der Waals surface area contributed by atoms with E-state index in [4.69, 9.17) is 4.74 Å². The van der Waals surface area contributed by atoms with E-state index in [9.17, 15) is 0 Å². The Bertz CT molecular complexity index is 394. The molecule has 0 aromatic heterocycles. The highest BCUT2D eigenvalue weighted by atomic mass is 35.5. The minimum atomic E-state index is 0. The fourth-order valence-corrected chi connectivity index (χ4v) is 3.01. The Morgan fingerprint density at radius 2 is 2.24 bits per heavy atom. The summed E-state index contributed by atoms with van der Waals surface area (Å²) in [7, 11) is 0. The van der Waals surface area contributed by atoms with Crippen molar-refractivity contribution in [3.05, 3.63) is 34.9 Å². The molecule has 94 valence electrons. The van der Waals surface area contributed by atoms with Crippen molar-refractivity contribution in [3.63, 3.8) is 0 Å². The van der Waals surface area contributed by atoms with Gasteiger partial charge in [-0.3, -0.25) is 0 Å². The maximum absolute atomic E-state index is 5.95. The van der Waals surface area contributed by atoms with Gasteiger partial charge >= 0.3 is 0 Å². The molecule has 1 aromatic carbocycles. The zero-order chi connectivity index (χ0) is 11.0. The molecule has 3 heteroatoms. The van der Waals surface area contributed by atoms with Crippen molar-refractivity contribution in [1.82, 2.24) is 5.32 Å². The lowest BCUT2D eigenvalue weighted by molar-refractivity contribution is 0.0294. The molecular weight excluding hydrogens is 234 g/mol. The van der Waals surface area contributed by atoms with Crippen molar-refractivity contribution in [2.45, 2.75) is 38.4 Å². The fraction of sp³-hybridized carbons (Fsp3) is 0.571. The van der Waals surface area contributed by atoms with E-state index in [2.05, 4.69) is 30.4 Å². The maximum Gasteiger partial charge on any atom is 0.0784 e. The number of hydrogen-bond acceptors (Lipinski definition) is 2. The monoisotopic (exact) mass is 253 g/mol. The van der Waals surface area contributed by atoms with Gasteiger partial charge in [-0.25, -0.2) is 0 Å². The van der Waals surface area contributed by atoms with Crippen molar-refractivity contribution < 1.29 is 4.74 Å². The Balaban J connectivity index is 0.00000108. The van der Waals surface area contributed by atoms with E-state index in [1.54, 1.807) is 0 Å². The van der Waals surface area contributed by atoms with Gasteiger partial charge in [0, 0.05) is 19.0 Å². The summed E-state index contributed by atoms with van der Waals surface area (Å²) >= 11 is 0. The number of nitrogens with one attached hydrogen (secondary N) is 1. The number of fused-ring (bicyclic) bond motifs is 3. The number of rotatable bonds is 2. The van der Waals surface area contributed by atoms with E-state index < -0.39 is 0 Å². The van der Waals surface area contributed by atoms with Crippen LogP contribution in [0.2, 0.25) is 0 Å². The molecule has 2 heterocycles. The van der Waals surface area contributed by atoms with Gasteiger partial charge in [0.25, 0.3) is 0 Å². The standard InChI is InChI=1S/C14H19NO.ClH/c1-2-4-10-5-3-6-11-12-7-15-8-14(12)16-9-13(10)11;/h3,5-6,12,14-15H,2,4,7-9H2,1H3;1H/t12-,14-;/m0./s1. The summed E-state index contributed by atoms with van der Waals surface area (Å²) in [6, 6.07) is 6.76. The highest BCUT2D eigenvalue weighted by Crippen LogP contribution is 2.35. The Morgan fingerprint density at radius 3 is 3.06 bits per heavy atom. The fourth-order valence-electron chi connectivity index (χ4n) is 3.01. The second kappa shape index (κ2) is 5.38. The van der Waals surface area contributed by atoms with Gasteiger partial charge in [-0.05, 0) is 23.1 Å². The summed E-state index contributed by atoms with van der Waals surface area (Å²) in [6.45, 7) is 5.15. The number of benzene rings is 1. The van der Waals surface area contributed by atoms with Crippen LogP contribution in [0.25, 0.3) is 0 Å². The molecule has 2 nitrogen and oxygen atoms in total. The quantitative estimate of drug-likeness (QED) is 0.875. The smallest absolute Gasteiger partial charge is 0.0784 e. The first-order chi connectivity index (χ1) is 7.90. The Kier molecular flexibility index (Phi) is 4.08. The van der Waals surface area contributed by atoms with Crippen LogP contribution in [0.15, 0.2) is 18.2 Å². The highest BCUT2D eigenvalue weighted by molar-refractivity contribution is 5.85. The second-order valence-corrected chi connectivity index (χ2v) is 4.85. The molecule has 0 saturated carbocycles. The van der Waals surface area contributed by atoms with E-state index in [-0.39, 0.29) is 12.4 Å². The molecule has 3 rings (SSSR count). The molecular formula is C14H20ClNO. The maximum atomic E-state index is 5.95. The molecule has 1 aromatic rings. The van der Waals surface area contributed by atoms with E-state index in [0.29, 0.717) is 12.0 Å². The van der Waals surface area contributed by atoms with Crippen LogP contribution >= 0.6 is 12.4 Å². The van der Waals surface area contributed by atoms with Gasteiger partial charge in [0.15, 0.2) is 0 Å². The average molecular weight is 254 g/mol. The lowest BCUT2D eigenvalue weighted by Gasteiger charge is -2.29. The third kappa shape index (κ3) is 2.22. The Hall–Kier alpha value is -0.570. The summed E-state index contributed by atoms with van der Waals surface area (Å²) in [4.78, 5) is 0. The van der Waals surface area contributed by atoms with Crippen molar-refractivity contribution in [2.75, 3.05) is 13.1 Å². The molecule has 2 aliphatic rings. The predicted octanol–water partition coefficient (Wildman–Crippen LogP) is 2.65. The van der Waals surface area contributed by atoms with Gasteiger partial charge in [-0.15, -0.1) is 12.4 Å². The molecule has 0 spiro atoms. The van der Waals surface area contributed by atoms with Crippen LogP contribution in [0.1, 0.15) is 36.0 Å². The predicted molar refractivity (Wildman–Crippen MR) is 71.9 cm³/mol. The second-order valence-electron chi connectivity index (χ2n) is 4.85. The van der Waals surface area contributed by atoms with Crippen LogP contribution in [0.3, 0.4) is 0 Å². The third-order valence-electron chi connectivity index (χ3n) is 3.83. The average Bonchev–Trinajstić information content (AvgIpc) is 2.78. The van der Waals surface area contributed by atoms with Crippen LogP contribution in [0.5, 0.6) is 0 Å². The van der Waals surface area contributed by atoms with E-state index >= 15 is 0 Å². The zero-order valence-corrected chi connectivity index (χ0v) is 11.1. The van der Waals surface area contributed by atoms with Crippen LogP contribution in [-0.2, 0) is 17.8 Å². The highest BCUT2D eigenvalue weighted by Gasteiger charge is 2.34.